The Labute approximate surface area is 153 Å². The molecule has 2 amide bonds. The molecular formula is C20H24N2O4. The zero-order valence-corrected chi connectivity index (χ0v) is 15.7. The first-order valence-electron chi connectivity index (χ1n) is 8.19. The van der Waals surface area contributed by atoms with Crippen molar-refractivity contribution in [3.05, 3.63) is 48.0 Å². The van der Waals surface area contributed by atoms with Crippen LogP contribution in [0.4, 0.5) is 11.4 Å². The summed E-state index contributed by atoms with van der Waals surface area (Å²) in [6, 6.07) is 11.9. The van der Waals surface area contributed by atoms with Crippen molar-refractivity contribution in [2.24, 2.45) is 5.41 Å². The summed E-state index contributed by atoms with van der Waals surface area (Å²) < 4.78 is 10.4. The van der Waals surface area contributed by atoms with Gasteiger partial charge in [-0.2, -0.15) is 0 Å². The van der Waals surface area contributed by atoms with Crippen LogP contribution in [0.3, 0.4) is 0 Å². The lowest BCUT2D eigenvalue weighted by molar-refractivity contribution is -0.123. The number of nitrogens with one attached hydrogen (secondary N) is 2. The number of rotatable bonds is 5. The van der Waals surface area contributed by atoms with Gasteiger partial charge in [0, 0.05) is 28.4 Å². The molecule has 138 valence electrons. The summed E-state index contributed by atoms with van der Waals surface area (Å²) in [6.45, 7) is 5.49. The maximum absolute atomic E-state index is 12.5. The Hall–Kier alpha value is -3.02. The van der Waals surface area contributed by atoms with Crippen molar-refractivity contribution in [3.63, 3.8) is 0 Å². The van der Waals surface area contributed by atoms with E-state index in [1.165, 1.54) is 7.11 Å². The number of amides is 2. The highest BCUT2D eigenvalue weighted by molar-refractivity contribution is 6.05. The van der Waals surface area contributed by atoms with Gasteiger partial charge in [0.25, 0.3) is 5.91 Å². The van der Waals surface area contributed by atoms with Gasteiger partial charge in [-0.25, -0.2) is 0 Å². The van der Waals surface area contributed by atoms with E-state index in [2.05, 4.69) is 10.6 Å². The normalized spacial score (nSPS) is 10.8. The van der Waals surface area contributed by atoms with Crippen LogP contribution in [-0.4, -0.2) is 26.0 Å². The van der Waals surface area contributed by atoms with E-state index in [4.69, 9.17) is 9.47 Å². The standard InChI is InChI=1S/C20H24N2O4/c1-20(2,3)19(24)22-14-8-6-7-13(11-14)18(23)21-15-9-10-16(25-4)17(12-15)26-5/h6-12H,1-5H3,(H,21,23)(H,22,24). The van der Waals surface area contributed by atoms with Crippen LogP contribution in [0.25, 0.3) is 0 Å². The molecule has 0 saturated heterocycles. The van der Waals surface area contributed by atoms with Gasteiger partial charge in [-0.1, -0.05) is 26.8 Å². The van der Waals surface area contributed by atoms with Gasteiger partial charge in [-0.3, -0.25) is 9.59 Å². The van der Waals surface area contributed by atoms with Crippen molar-refractivity contribution in [2.75, 3.05) is 24.9 Å². The topological polar surface area (TPSA) is 76.7 Å². The van der Waals surface area contributed by atoms with E-state index in [9.17, 15) is 9.59 Å². The lowest BCUT2D eigenvalue weighted by Gasteiger charge is -2.18. The number of hydrogen-bond acceptors (Lipinski definition) is 4. The van der Waals surface area contributed by atoms with Crippen LogP contribution in [-0.2, 0) is 4.79 Å². The van der Waals surface area contributed by atoms with Crippen molar-refractivity contribution in [2.45, 2.75) is 20.8 Å². The summed E-state index contributed by atoms with van der Waals surface area (Å²) >= 11 is 0. The first kappa shape index (κ1) is 19.3. The fourth-order valence-electron chi connectivity index (χ4n) is 2.17. The van der Waals surface area contributed by atoms with Gasteiger partial charge in [0.1, 0.15) is 0 Å². The molecule has 0 unspecified atom stereocenters. The molecule has 0 aliphatic rings. The molecule has 6 heteroatoms. The van der Waals surface area contributed by atoms with Crippen molar-refractivity contribution >= 4 is 23.2 Å². The van der Waals surface area contributed by atoms with Gasteiger partial charge in [-0.05, 0) is 30.3 Å². The van der Waals surface area contributed by atoms with E-state index < -0.39 is 5.41 Å². The summed E-state index contributed by atoms with van der Waals surface area (Å²) in [4.78, 5) is 24.6. The number of benzene rings is 2. The fourth-order valence-corrected chi connectivity index (χ4v) is 2.17. The maximum atomic E-state index is 12.5. The first-order valence-corrected chi connectivity index (χ1v) is 8.19. The van der Waals surface area contributed by atoms with Gasteiger partial charge in [0.15, 0.2) is 11.5 Å². The van der Waals surface area contributed by atoms with Crippen LogP contribution < -0.4 is 20.1 Å². The molecule has 0 atom stereocenters. The second-order valence-electron chi connectivity index (χ2n) is 6.81. The third-order valence-electron chi connectivity index (χ3n) is 3.71. The van der Waals surface area contributed by atoms with Gasteiger partial charge >= 0.3 is 0 Å². The molecule has 2 rings (SSSR count). The number of ether oxygens (including phenoxy) is 2. The van der Waals surface area contributed by atoms with Crippen LogP contribution in [0.5, 0.6) is 11.5 Å². The molecule has 0 aliphatic carbocycles. The quantitative estimate of drug-likeness (QED) is 0.851. The minimum atomic E-state index is -0.516. The number of carbonyl (C=O) groups excluding carboxylic acids is 2. The van der Waals surface area contributed by atoms with Crippen LogP contribution in [0.2, 0.25) is 0 Å². The average Bonchev–Trinajstić information content (AvgIpc) is 2.61. The molecule has 0 spiro atoms. The first-order chi connectivity index (χ1) is 12.2. The molecular weight excluding hydrogens is 332 g/mol. The second-order valence-corrected chi connectivity index (χ2v) is 6.81. The molecule has 0 saturated carbocycles. The highest BCUT2D eigenvalue weighted by atomic mass is 16.5. The van der Waals surface area contributed by atoms with Gasteiger partial charge in [0.05, 0.1) is 14.2 Å². The van der Waals surface area contributed by atoms with E-state index in [1.807, 2.05) is 20.8 Å². The molecule has 6 nitrogen and oxygen atoms in total. The Morgan fingerprint density at radius 3 is 2.12 bits per heavy atom. The third-order valence-corrected chi connectivity index (χ3v) is 3.71. The van der Waals surface area contributed by atoms with Crippen molar-refractivity contribution in [3.8, 4) is 11.5 Å². The van der Waals surface area contributed by atoms with E-state index in [0.717, 1.165) is 0 Å². The lowest BCUT2D eigenvalue weighted by atomic mass is 9.95. The van der Waals surface area contributed by atoms with Crippen molar-refractivity contribution in [1.29, 1.82) is 0 Å². The third kappa shape index (κ3) is 4.75. The Bertz CT molecular complexity index is 810. The Balaban J connectivity index is 2.15. The predicted molar refractivity (Wildman–Crippen MR) is 102 cm³/mol. The summed E-state index contributed by atoms with van der Waals surface area (Å²) in [6.07, 6.45) is 0. The molecule has 2 N–H and O–H groups in total. The molecule has 26 heavy (non-hydrogen) atoms. The van der Waals surface area contributed by atoms with E-state index in [1.54, 1.807) is 49.6 Å². The molecule has 0 fully saturated rings. The van der Waals surface area contributed by atoms with E-state index >= 15 is 0 Å². The lowest BCUT2D eigenvalue weighted by Crippen LogP contribution is -2.27. The molecule has 2 aromatic carbocycles. The van der Waals surface area contributed by atoms with Gasteiger partial charge in [0.2, 0.25) is 5.91 Å². The minimum absolute atomic E-state index is 0.116. The number of anilines is 2. The van der Waals surface area contributed by atoms with E-state index in [-0.39, 0.29) is 11.8 Å². The minimum Gasteiger partial charge on any atom is -0.493 e. The highest BCUT2D eigenvalue weighted by Gasteiger charge is 2.21. The van der Waals surface area contributed by atoms with E-state index in [0.29, 0.717) is 28.4 Å². The van der Waals surface area contributed by atoms with Crippen LogP contribution in [0.1, 0.15) is 31.1 Å². The fraction of sp³-hybridized carbons (Fsp3) is 0.300. The molecule has 0 aromatic heterocycles. The van der Waals surface area contributed by atoms with Crippen molar-refractivity contribution in [1.82, 2.24) is 0 Å². The highest BCUT2D eigenvalue weighted by Crippen LogP contribution is 2.30. The summed E-state index contributed by atoms with van der Waals surface area (Å²) in [5.41, 5.74) is 1.07. The zero-order chi connectivity index (χ0) is 19.3. The molecule has 0 bridgehead atoms. The predicted octanol–water partition coefficient (Wildman–Crippen LogP) is 3.94. The Morgan fingerprint density at radius 2 is 1.50 bits per heavy atom. The summed E-state index contributed by atoms with van der Waals surface area (Å²) in [5, 5.41) is 5.63. The molecule has 2 aromatic rings. The van der Waals surface area contributed by atoms with Gasteiger partial charge in [-0.15, -0.1) is 0 Å². The second kappa shape index (κ2) is 7.91. The zero-order valence-electron chi connectivity index (χ0n) is 15.7. The molecule has 0 radical (unpaired) electrons. The average molecular weight is 356 g/mol. The maximum Gasteiger partial charge on any atom is 0.255 e. The largest absolute Gasteiger partial charge is 0.493 e. The summed E-state index contributed by atoms with van der Waals surface area (Å²) in [5.74, 6) is 0.702. The number of carbonyl (C=O) groups is 2. The smallest absolute Gasteiger partial charge is 0.255 e. The number of hydrogen-bond donors (Lipinski definition) is 2. The number of methoxy groups -OCH3 is 2. The van der Waals surface area contributed by atoms with Crippen LogP contribution in [0, 0.1) is 5.41 Å². The van der Waals surface area contributed by atoms with Gasteiger partial charge < -0.3 is 20.1 Å². The molecule has 0 heterocycles. The Kier molecular flexibility index (Phi) is 5.87. The summed E-state index contributed by atoms with van der Waals surface area (Å²) in [7, 11) is 3.08. The SMILES string of the molecule is COc1ccc(NC(=O)c2cccc(NC(=O)C(C)(C)C)c2)cc1OC. The van der Waals surface area contributed by atoms with Crippen LogP contribution >= 0.6 is 0 Å². The van der Waals surface area contributed by atoms with Crippen LogP contribution in [0.15, 0.2) is 42.5 Å². The molecule has 0 aliphatic heterocycles. The Morgan fingerprint density at radius 1 is 0.846 bits per heavy atom. The monoisotopic (exact) mass is 356 g/mol. The van der Waals surface area contributed by atoms with Crippen molar-refractivity contribution < 1.29 is 19.1 Å².